The van der Waals surface area contributed by atoms with Crippen LogP contribution in [0.15, 0.2) is 82.7 Å². The van der Waals surface area contributed by atoms with E-state index in [2.05, 4.69) is 10.1 Å². The lowest BCUT2D eigenvalue weighted by molar-refractivity contribution is -0.385. The monoisotopic (exact) mass is 558 g/mol. The standard InChI is InChI=1S/C29H23ClN4O6/c30-19-13-11-17(12-14-19)27-21-7-1-2-8-22(21)31-29(38)28(27)23-16-24(18-5-3-6-20(15-18)34(39)40)33(32-23)25(35)9-4-10-26(36)37/h1-3,5-8,11-15,24H,4,9-10,16H2,(H,31,38)(H,36,37). The summed E-state index contributed by atoms with van der Waals surface area (Å²) in [5, 5.41) is 27.6. The lowest BCUT2D eigenvalue weighted by Gasteiger charge is -2.22. The Morgan fingerprint density at radius 2 is 1.80 bits per heavy atom. The van der Waals surface area contributed by atoms with E-state index >= 15 is 0 Å². The molecule has 1 atom stereocenters. The average Bonchev–Trinajstić information content (AvgIpc) is 3.38. The number of H-pyrrole nitrogens is 1. The summed E-state index contributed by atoms with van der Waals surface area (Å²) >= 11 is 6.13. The van der Waals surface area contributed by atoms with Crippen LogP contribution in [0, 0.1) is 10.1 Å². The Morgan fingerprint density at radius 1 is 1.05 bits per heavy atom. The maximum atomic E-state index is 13.6. The number of benzene rings is 3. The molecule has 11 heteroatoms. The Morgan fingerprint density at radius 3 is 2.52 bits per heavy atom. The third-order valence-corrected chi connectivity index (χ3v) is 7.01. The highest BCUT2D eigenvalue weighted by Gasteiger charge is 2.35. The number of nitrogens with zero attached hydrogens (tertiary/aromatic N) is 3. The Kier molecular flexibility index (Phi) is 7.43. The van der Waals surface area contributed by atoms with Gasteiger partial charge in [-0.15, -0.1) is 0 Å². The molecule has 1 amide bonds. The number of aromatic nitrogens is 1. The van der Waals surface area contributed by atoms with Crippen LogP contribution in [0.5, 0.6) is 0 Å². The number of nitro benzene ring substituents is 1. The number of carbonyl (C=O) groups excluding carboxylic acids is 1. The fourth-order valence-electron chi connectivity index (χ4n) is 4.94. The lowest BCUT2D eigenvalue weighted by Crippen LogP contribution is -2.27. The van der Waals surface area contributed by atoms with Gasteiger partial charge in [-0.25, -0.2) is 5.01 Å². The fourth-order valence-corrected chi connectivity index (χ4v) is 5.06. The van der Waals surface area contributed by atoms with E-state index in [1.807, 2.05) is 18.2 Å². The van der Waals surface area contributed by atoms with Crippen LogP contribution < -0.4 is 5.56 Å². The van der Waals surface area contributed by atoms with E-state index in [1.54, 1.807) is 36.4 Å². The first kappa shape index (κ1) is 26.8. The van der Waals surface area contributed by atoms with Gasteiger partial charge in [0.1, 0.15) is 0 Å². The normalized spacial score (nSPS) is 14.8. The molecule has 40 heavy (non-hydrogen) atoms. The molecule has 2 heterocycles. The van der Waals surface area contributed by atoms with Crippen molar-refractivity contribution >= 4 is 45.8 Å². The summed E-state index contributed by atoms with van der Waals surface area (Å²) in [6, 6.07) is 19.6. The number of pyridine rings is 1. The Labute approximate surface area is 232 Å². The number of carboxylic acids is 1. The number of aliphatic carboxylic acids is 1. The molecule has 0 spiro atoms. The third kappa shape index (κ3) is 5.34. The summed E-state index contributed by atoms with van der Waals surface area (Å²) in [7, 11) is 0. The summed E-state index contributed by atoms with van der Waals surface area (Å²) in [5.74, 6) is -1.47. The second-order valence-electron chi connectivity index (χ2n) is 9.36. The van der Waals surface area contributed by atoms with Gasteiger partial charge in [-0.05, 0) is 35.7 Å². The third-order valence-electron chi connectivity index (χ3n) is 6.76. The molecule has 0 saturated heterocycles. The maximum absolute atomic E-state index is 13.6. The molecule has 5 rings (SSSR count). The van der Waals surface area contributed by atoms with Gasteiger partial charge < -0.3 is 10.1 Å². The zero-order valence-electron chi connectivity index (χ0n) is 21.0. The predicted octanol–water partition coefficient (Wildman–Crippen LogP) is 5.69. The van der Waals surface area contributed by atoms with Crippen LogP contribution in [-0.4, -0.2) is 37.6 Å². The molecule has 0 bridgehead atoms. The van der Waals surface area contributed by atoms with Gasteiger partial charge >= 0.3 is 5.97 Å². The summed E-state index contributed by atoms with van der Waals surface area (Å²) in [6.07, 6.45) is -0.0626. The molecule has 0 fully saturated rings. The number of carbonyl (C=O) groups is 2. The molecule has 2 N–H and O–H groups in total. The molecule has 4 aromatic rings. The smallest absolute Gasteiger partial charge is 0.303 e. The largest absolute Gasteiger partial charge is 0.481 e. The highest BCUT2D eigenvalue weighted by molar-refractivity contribution is 6.30. The summed E-state index contributed by atoms with van der Waals surface area (Å²) < 4.78 is 0. The molecule has 1 unspecified atom stereocenters. The second kappa shape index (κ2) is 11.1. The van der Waals surface area contributed by atoms with Crippen molar-refractivity contribution in [2.75, 3.05) is 0 Å². The van der Waals surface area contributed by atoms with E-state index in [-0.39, 0.29) is 36.9 Å². The number of fused-ring (bicyclic) bond motifs is 1. The van der Waals surface area contributed by atoms with Crippen LogP contribution in [0.1, 0.15) is 42.9 Å². The van der Waals surface area contributed by atoms with Crippen molar-refractivity contribution in [3.8, 4) is 11.1 Å². The topological polar surface area (TPSA) is 146 Å². The van der Waals surface area contributed by atoms with Gasteiger partial charge in [0, 0.05) is 52.9 Å². The van der Waals surface area contributed by atoms with E-state index < -0.39 is 28.4 Å². The van der Waals surface area contributed by atoms with Crippen LogP contribution in [0.3, 0.4) is 0 Å². The zero-order valence-corrected chi connectivity index (χ0v) is 21.8. The van der Waals surface area contributed by atoms with Crippen molar-refractivity contribution < 1.29 is 19.6 Å². The Hall–Kier alpha value is -4.83. The summed E-state index contributed by atoms with van der Waals surface area (Å²) in [5.41, 5.74) is 2.50. The maximum Gasteiger partial charge on any atom is 0.303 e. The molecular weight excluding hydrogens is 536 g/mol. The van der Waals surface area contributed by atoms with E-state index in [9.17, 15) is 24.5 Å². The quantitative estimate of drug-likeness (QED) is 0.210. The van der Waals surface area contributed by atoms with Gasteiger partial charge in [0.05, 0.1) is 22.2 Å². The second-order valence-corrected chi connectivity index (χ2v) is 9.80. The molecule has 1 aromatic heterocycles. The number of non-ortho nitro benzene ring substituents is 1. The first-order valence-electron chi connectivity index (χ1n) is 12.5. The van der Waals surface area contributed by atoms with Crippen LogP contribution in [0.2, 0.25) is 5.02 Å². The van der Waals surface area contributed by atoms with Crippen LogP contribution in [-0.2, 0) is 9.59 Å². The highest BCUT2D eigenvalue weighted by atomic mass is 35.5. The minimum atomic E-state index is -1.02. The first-order chi connectivity index (χ1) is 19.2. The van der Waals surface area contributed by atoms with E-state index in [0.29, 0.717) is 27.4 Å². The number of nitro groups is 1. The summed E-state index contributed by atoms with van der Waals surface area (Å²) in [6.45, 7) is 0. The van der Waals surface area contributed by atoms with Gasteiger partial charge in [-0.2, -0.15) is 5.10 Å². The van der Waals surface area contributed by atoms with E-state index in [4.69, 9.17) is 16.7 Å². The number of aromatic amines is 1. The molecule has 3 aromatic carbocycles. The van der Waals surface area contributed by atoms with Gasteiger partial charge in [0.25, 0.3) is 11.2 Å². The van der Waals surface area contributed by atoms with E-state index in [0.717, 1.165) is 10.9 Å². The van der Waals surface area contributed by atoms with Crippen molar-refractivity contribution in [3.05, 3.63) is 109 Å². The zero-order chi connectivity index (χ0) is 28.4. The predicted molar refractivity (Wildman–Crippen MR) is 150 cm³/mol. The summed E-state index contributed by atoms with van der Waals surface area (Å²) in [4.78, 5) is 51.7. The molecule has 0 saturated carbocycles. The molecular formula is C29H23ClN4O6. The van der Waals surface area contributed by atoms with Crippen molar-refractivity contribution in [1.29, 1.82) is 0 Å². The Bertz CT molecular complexity index is 1730. The molecule has 0 radical (unpaired) electrons. The van der Waals surface area contributed by atoms with Gasteiger partial charge in [-0.3, -0.25) is 24.5 Å². The average molecular weight is 559 g/mol. The lowest BCUT2D eigenvalue weighted by atomic mass is 9.91. The number of rotatable bonds is 8. The number of amides is 1. The molecule has 202 valence electrons. The van der Waals surface area contributed by atoms with Crippen molar-refractivity contribution in [2.24, 2.45) is 5.10 Å². The fraction of sp³-hybridized carbons (Fsp3) is 0.172. The van der Waals surface area contributed by atoms with Crippen molar-refractivity contribution in [3.63, 3.8) is 0 Å². The van der Waals surface area contributed by atoms with Gasteiger partial charge in [0.15, 0.2) is 0 Å². The first-order valence-corrected chi connectivity index (χ1v) is 12.9. The van der Waals surface area contributed by atoms with E-state index in [1.165, 1.54) is 23.2 Å². The van der Waals surface area contributed by atoms with Crippen LogP contribution in [0.4, 0.5) is 5.69 Å². The number of hydrazone groups is 1. The number of hydrogen-bond donors (Lipinski definition) is 2. The SMILES string of the molecule is O=C(O)CCCC(=O)N1N=C(c2c(-c3ccc(Cl)cc3)c3ccccc3[nH]c2=O)CC1c1cccc([N+](=O)[O-])c1. The van der Waals surface area contributed by atoms with Gasteiger partial charge in [-0.1, -0.05) is 54.1 Å². The van der Waals surface area contributed by atoms with Crippen molar-refractivity contribution in [2.45, 2.75) is 31.7 Å². The van der Waals surface area contributed by atoms with Crippen LogP contribution >= 0.6 is 11.6 Å². The number of hydrogen-bond acceptors (Lipinski definition) is 6. The minimum absolute atomic E-state index is 0.0906. The Balaban J connectivity index is 1.66. The molecule has 1 aliphatic rings. The molecule has 1 aliphatic heterocycles. The van der Waals surface area contributed by atoms with Crippen molar-refractivity contribution in [1.82, 2.24) is 9.99 Å². The molecule has 10 nitrogen and oxygen atoms in total. The number of para-hydroxylation sites is 1. The highest BCUT2D eigenvalue weighted by Crippen LogP contribution is 2.38. The number of carboxylic acid groups (broad SMARTS) is 1. The molecule has 0 aliphatic carbocycles. The number of nitrogens with one attached hydrogen (secondary N) is 1. The number of halogens is 1. The van der Waals surface area contributed by atoms with Crippen LogP contribution in [0.25, 0.3) is 22.0 Å². The minimum Gasteiger partial charge on any atom is -0.481 e. The van der Waals surface area contributed by atoms with Gasteiger partial charge in [0.2, 0.25) is 5.91 Å².